The largest absolute Gasteiger partial charge is 0.303 e. The quantitative estimate of drug-likeness (QED) is 0.701. The van der Waals surface area contributed by atoms with Gasteiger partial charge in [0.05, 0.1) is 0 Å². The van der Waals surface area contributed by atoms with Crippen LogP contribution in [0.3, 0.4) is 0 Å². The second-order valence-corrected chi connectivity index (χ2v) is 6.08. The van der Waals surface area contributed by atoms with Gasteiger partial charge in [-0.15, -0.1) is 0 Å². The summed E-state index contributed by atoms with van der Waals surface area (Å²) in [4.78, 5) is 14.1. The Hall–Kier alpha value is -0.370. The molecular formula is C15H27NO. The maximum absolute atomic E-state index is 11.5. The predicted octanol–water partition coefficient (Wildman–Crippen LogP) is 3.40. The zero-order valence-electron chi connectivity index (χ0n) is 11.1. The Bertz CT molecular complexity index is 225. The molecule has 1 heterocycles. The highest BCUT2D eigenvalue weighted by atomic mass is 16.1. The Morgan fingerprint density at radius 1 is 0.824 bits per heavy atom. The molecule has 2 rings (SSSR count). The van der Waals surface area contributed by atoms with E-state index in [-0.39, 0.29) is 5.41 Å². The summed E-state index contributed by atoms with van der Waals surface area (Å²) in [7, 11) is 0. The second-order valence-electron chi connectivity index (χ2n) is 6.08. The van der Waals surface area contributed by atoms with Crippen LogP contribution in [0.25, 0.3) is 0 Å². The lowest BCUT2D eigenvalue weighted by Gasteiger charge is -2.37. The summed E-state index contributed by atoms with van der Waals surface area (Å²) >= 11 is 0. The van der Waals surface area contributed by atoms with Crippen molar-refractivity contribution in [1.29, 1.82) is 0 Å². The van der Waals surface area contributed by atoms with Crippen molar-refractivity contribution in [2.45, 2.75) is 64.2 Å². The number of hydrogen-bond acceptors (Lipinski definition) is 2. The van der Waals surface area contributed by atoms with E-state index in [1.807, 2.05) is 0 Å². The molecule has 2 nitrogen and oxygen atoms in total. The molecule has 0 spiro atoms. The summed E-state index contributed by atoms with van der Waals surface area (Å²) < 4.78 is 0. The van der Waals surface area contributed by atoms with Gasteiger partial charge in [0.2, 0.25) is 0 Å². The molecule has 0 amide bonds. The first kappa shape index (κ1) is 13.1. The van der Waals surface area contributed by atoms with Gasteiger partial charge in [-0.25, -0.2) is 0 Å². The van der Waals surface area contributed by atoms with Crippen LogP contribution in [0.4, 0.5) is 0 Å². The smallest absolute Gasteiger partial charge is 0.127 e. The maximum atomic E-state index is 11.5. The minimum absolute atomic E-state index is 0.0114. The van der Waals surface area contributed by atoms with E-state index in [1.165, 1.54) is 70.7 Å². The number of likely N-dealkylation sites (tertiary alicyclic amines) is 1. The van der Waals surface area contributed by atoms with Crippen LogP contribution < -0.4 is 0 Å². The first-order valence-corrected chi connectivity index (χ1v) is 7.53. The molecule has 1 saturated carbocycles. The molecule has 0 aromatic carbocycles. The van der Waals surface area contributed by atoms with E-state index >= 15 is 0 Å². The molecule has 0 N–H and O–H groups in total. The summed E-state index contributed by atoms with van der Waals surface area (Å²) in [5.41, 5.74) is 0.0114. The van der Waals surface area contributed by atoms with Crippen molar-refractivity contribution in [2.24, 2.45) is 5.41 Å². The van der Waals surface area contributed by atoms with Crippen molar-refractivity contribution < 1.29 is 4.79 Å². The average Bonchev–Trinajstić information content (AvgIpc) is 2.34. The Morgan fingerprint density at radius 2 is 1.35 bits per heavy atom. The number of nitrogens with zero attached hydrogens (tertiary/aromatic N) is 1. The third kappa shape index (κ3) is 3.80. The van der Waals surface area contributed by atoms with Crippen molar-refractivity contribution in [3.63, 3.8) is 0 Å². The summed E-state index contributed by atoms with van der Waals surface area (Å²) in [5, 5.41) is 0. The fourth-order valence-corrected chi connectivity index (χ4v) is 3.49. The predicted molar refractivity (Wildman–Crippen MR) is 71.1 cm³/mol. The van der Waals surface area contributed by atoms with Crippen LogP contribution >= 0.6 is 0 Å². The van der Waals surface area contributed by atoms with E-state index in [4.69, 9.17) is 0 Å². The first-order valence-electron chi connectivity index (χ1n) is 7.53. The lowest BCUT2D eigenvalue weighted by Crippen LogP contribution is -2.41. The van der Waals surface area contributed by atoms with E-state index in [9.17, 15) is 4.79 Å². The van der Waals surface area contributed by atoms with Gasteiger partial charge in [0.25, 0.3) is 0 Å². The summed E-state index contributed by atoms with van der Waals surface area (Å²) in [6, 6.07) is 0. The van der Waals surface area contributed by atoms with Crippen molar-refractivity contribution in [1.82, 2.24) is 4.90 Å². The summed E-state index contributed by atoms with van der Waals surface area (Å²) in [6.07, 6.45) is 14.2. The Morgan fingerprint density at radius 3 is 1.94 bits per heavy atom. The van der Waals surface area contributed by atoms with Gasteiger partial charge in [0, 0.05) is 12.0 Å². The van der Waals surface area contributed by atoms with Gasteiger partial charge in [-0.3, -0.25) is 0 Å². The van der Waals surface area contributed by atoms with Crippen LogP contribution in [0.1, 0.15) is 64.2 Å². The van der Waals surface area contributed by atoms with Gasteiger partial charge in [-0.05, 0) is 38.8 Å². The van der Waals surface area contributed by atoms with Gasteiger partial charge >= 0.3 is 0 Å². The number of aldehydes is 1. The van der Waals surface area contributed by atoms with E-state index in [0.29, 0.717) is 0 Å². The fraction of sp³-hybridized carbons (Fsp3) is 0.933. The highest BCUT2D eigenvalue weighted by Gasteiger charge is 2.33. The van der Waals surface area contributed by atoms with E-state index in [1.54, 1.807) is 0 Å². The molecule has 0 aromatic rings. The van der Waals surface area contributed by atoms with Gasteiger partial charge in [0.1, 0.15) is 6.29 Å². The minimum atomic E-state index is 0.0114. The normalized spacial score (nSPS) is 27.1. The average molecular weight is 237 g/mol. The van der Waals surface area contributed by atoms with Crippen LogP contribution in [0.5, 0.6) is 0 Å². The first-order chi connectivity index (χ1) is 8.35. The second kappa shape index (κ2) is 6.53. The van der Waals surface area contributed by atoms with Gasteiger partial charge < -0.3 is 9.69 Å². The molecule has 2 heteroatoms. The molecule has 1 aliphatic heterocycles. The molecule has 2 fully saturated rings. The number of hydrogen-bond donors (Lipinski definition) is 0. The van der Waals surface area contributed by atoms with Crippen molar-refractivity contribution in [3.8, 4) is 0 Å². The highest BCUT2D eigenvalue weighted by Crippen LogP contribution is 2.35. The Balaban J connectivity index is 1.89. The molecule has 98 valence electrons. The molecule has 0 unspecified atom stereocenters. The highest BCUT2D eigenvalue weighted by molar-refractivity contribution is 5.60. The molecule has 1 saturated heterocycles. The minimum Gasteiger partial charge on any atom is -0.303 e. The molecule has 0 aromatic heterocycles. The zero-order valence-corrected chi connectivity index (χ0v) is 11.1. The summed E-state index contributed by atoms with van der Waals surface area (Å²) in [5.74, 6) is 0. The van der Waals surface area contributed by atoms with Crippen LogP contribution in [0.15, 0.2) is 0 Å². The van der Waals surface area contributed by atoms with Crippen LogP contribution in [0, 0.1) is 5.41 Å². The van der Waals surface area contributed by atoms with Crippen molar-refractivity contribution in [3.05, 3.63) is 0 Å². The maximum Gasteiger partial charge on any atom is 0.127 e. The number of rotatable bonds is 3. The molecule has 0 bridgehead atoms. The van der Waals surface area contributed by atoms with Gasteiger partial charge in [-0.2, -0.15) is 0 Å². The van der Waals surface area contributed by atoms with E-state index in [0.717, 1.165) is 19.4 Å². The van der Waals surface area contributed by atoms with Gasteiger partial charge in [0.15, 0.2) is 0 Å². The lowest BCUT2D eigenvalue weighted by atomic mass is 9.75. The van der Waals surface area contributed by atoms with Crippen LogP contribution in [0.2, 0.25) is 0 Å². The summed E-state index contributed by atoms with van der Waals surface area (Å²) in [6.45, 7) is 3.47. The SMILES string of the molecule is O=CC1(CN2CCCCCCC2)CCCCC1. The monoisotopic (exact) mass is 237 g/mol. The molecule has 1 aliphatic carbocycles. The topological polar surface area (TPSA) is 20.3 Å². The third-order valence-electron chi connectivity index (χ3n) is 4.59. The van der Waals surface area contributed by atoms with E-state index in [2.05, 4.69) is 4.90 Å². The molecule has 0 radical (unpaired) electrons. The Labute approximate surface area is 106 Å². The molecule has 2 aliphatic rings. The third-order valence-corrected chi connectivity index (χ3v) is 4.59. The van der Waals surface area contributed by atoms with Crippen molar-refractivity contribution >= 4 is 6.29 Å². The van der Waals surface area contributed by atoms with E-state index < -0.39 is 0 Å². The van der Waals surface area contributed by atoms with Crippen LogP contribution in [-0.2, 0) is 4.79 Å². The molecule has 17 heavy (non-hydrogen) atoms. The van der Waals surface area contributed by atoms with Crippen molar-refractivity contribution in [2.75, 3.05) is 19.6 Å². The van der Waals surface area contributed by atoms with Gasteiger partial charge in [-0.1, -0.05) is 38.5 Å². The molecule has 0 atom stereocenters. The lowest BCUT2D eigenvalue weighted by molar-refractivity contribution is -0.119. The molecular weight excluding hydrogens is 210 g/mol. The Kier molecular flexibility index (Phi) is 5.02. The number of carbonyl (C=O) groups excluding carboxylic acids is 1. The fourth-order valence-electron chi connectivity index (χ4n) is 3.49. The number of carbonyl (C=O) groups is 1. The van der Waals surface area contributed by atoms with Crippen LogP contribution in [-0.4, -0.2) is 30.8 Å². The zero-order chi connectivity index (χ0) is 12.0. The standard InChI is InChI=1S/C15H27NO/c17-14-15(9-5-4-6-10-15)13-16-11-7-2-1-3-8-12-16/h14H,1-13H2.